The van der Waals surface area contributed by atoms with Crippen LogP contribution in [0.1, 0.15) is 18.4 Å². The van der Waals surface area contributed by atoms with Gasteiger partial charge in [0, 0.05) is 36.8 Å². The number of piperidine rings is 1. The zero-order valence-electron chi connectivity index (χ0n) is 14.8. The van der Waals surface area contributed by atoms with Crippen molar-refractivity contribution in [1.29, 1.82) is 0 Å². The molecule has 7 nitrogen and oxygen atoms in total. The molecule has 0 spiro atoms. The molecular weight excluding hydrogens is 346 g/mol. The average molecular weight is 367 g/mol. The third-order valence-corrected chi connectivity index (χ3v) is 4.76. The second-order valence-corrected chi connectivity index (χ2v) is 6.61. The van der Waals surface area contributed by atoms with E-state index in [-0.39, 0.29) is 29.8 Å². The number of benzene rings is 2. The molecule has 27 heavy (non-hydrogen) atoms. The second-order valence-electron chi connectivity index (χ2n) is 6.61. The fourth-order valence-corrected chi connectivity index (χ4v) is 3.18. The first-order valence-corrected chi connectivity index (χ1v) is 8.90. The van der Waals surface area contributed by atoms with Crippen LogP contribution in [0, 0.1) is 16.0 Å². The Balaban J connectivity index is 1.48. The molecule has 0 atom stereocenters. The Morgan fingerprint density at radius 3 is 2.26 bits per heavy atom. The van der Waals surface area contributed by atoms with Crippen molar-refractivity contribution in [1.82, 2.24) is 4.90 Å². The Bertz CT molecular complexity index is 813. The van der Waals surface area contributed by atoms with Gasteiger partial charge in [0.2, 0.25) is 11.8 Å². The number of anilines is 1. The number of nitro benzene ring substituents is 1. The van der Waals surface area contributed by atoms with Crippen LogP contribution in [0.5, 0.6) is 0 Å². The monoisotopic (exact) mass is 367 g/mol. The first-order valence-electron chi connectivity index (χ1n) is 8.90. The number of rotatable bonds is 5. The summed E-state index contributed by atoms with van der Waals surface area (Å²) in [5, 5.41) is 13.6. The highest BCUT2D eigenvalue weighted by atomic mass is 16.6. The highest BCUT2D eigenvalue weighted by molar-refractivity contribution is 5.92. The Kier molecular flexibility index (Phi) is 5.80. The molecule has 140 valence electrons. The summed E-state index contributed by atoms with van der Waals surface area (Å²) >= 11 is 0. The average Bonchev–Trinajstić information content (AvgIpc) is 2.69. The molecule has 0 bridgehead atoms. The van der Waals surface area contributed by atoms with Crippen molar-refractivity contribution in [3.63, 3.8) is 0 Å². The van der Waals surface area contributed by atoms with Gasteiger partial charge in [0.25, 0.3) is 5.69 Å². The van der Waals surface area contributed by atoms with Crippen LogP contribution in [0.2, 0.25) is 0 Å². The van der Waals surface area contributed by atoms with Crippen LogP contribution in [0.3, 0.4) is 0 Å². The zero-order valence-corrected chi connectivity index (χ0v) is 14.8. The zero-order chi connectivity index (χ0) is 19.2. The maximum absolute atomic E-state index is 12.4. The minimum atomic E-state index is -0.461. The van der Waals surface area contributed by atoms with Crippen LogP contribution >= 0.6 is 0 Å². The van der Waals surface area contributed by atoms with Gasteiger partial charge in [-0.2, -0.15) is 0 Å². The number of carbonyl (C=O) groups is 2. The van der Waals surface area contributed by atoms with E-state index in [1.807, 2.05) is 30.3 Å². The van der Waals surface area contributed by atoms with Crippen LogP contribution in [-0.2, 0) is 16.0 Å². The fourth-order valence-electron chi connectivity index (χ4n) is 3.18. The number of para-hydroxylation sites is 1. The van der Waals surface area contributed by atoms with Gasteiger partial charge in [0.15, 0.2) is 0 Å². The smallest absolute Gasteiger partial charge is 0.269 e. The molecule has 0 saturated carbocycles. The van der Waals surface area contributed by atoms with E-state index in [0.29, 0.717) is 25.9 Å². The van der Waals surface area contributed by atoms with Crippen molar-refractivity contribution in [2.24, 2.45) is 5.92 Å². The second kappa shape index (κ2) is 8.44. The summed E-state index contributed by atoms with van der Waals surface area (Å²) in [5.74, 6) is -0.136. The Morgan fingerprint density at radius 2 is 1.67 bits per heavy atom. The van der Waals surface area contributed by atoms with Gasteiger partial charge in [0.05, 0.1) is 11.3 Å². The number of nitrogens with one attached hydrogen (secondary N) is 1. The van der Waals surface area contributed by atoms with Crippen LogP contribution in [0.4, 0.5) is 11.4 Å². The minimum absolute atomic E-state index is 0.0105. The van der Waals surface area contributed by atoms with E-state index in [9.17, 15) is 19.7 Å². The summed E-state index contributed by atoms with van der Waals surface area (Å²) in [4.78, 5) is 36.8. The summed E-state index contributed by atoms with van der Waals surface area (Å²) in [6, 6.07) is 15.4. The molecule has 2 aromatic rings. The summed E-state index contributed by atoms with van der Waals surface area (Å²) in [7, 11) is 0. The van der Waals surface area contributed by atoms with Crippen LogP contribution in [0.15, 0.2) is 54.6 Å². The standard InChI is InChI=1S/C20H21N3O4/c24-19(14-15-6-8-18(9-7-15)23(26)27)22-12-10-16(11-13-22)20(25)21-17-4-2-1-3-5-17/h1-9,16H,10-14H2,(H,21,25). The van der Waals surface area contributed by atoms with Crippen molar-refractivity contribution < 1.29 is 14.5 Å². The van der Waals surface area contributed by atoms with Gasteiger partial charge in [-0.05, 0) is 30.5 Å². The number of hydrogen-bond acceptors (Lipinski definition) is 4. The van der Waals surface area contributed by atoms with E-state index < -0.39 is 4.92 Å². The van der Waals surface area contributed by atoms with E-state index in [0.717, 1.165) is 11.3 Å². The topological polar surface area (TPSA) is 92.6 Å². The van der Waals surface area contributed by atoms with Gasteiger partial charge in [-0.3, -0.25) is 19.7 Å². The Labute approximate surface area is 157 Å². The molecular formula is C20H21N3O4. The van der Waals surface area contributed by atoms with Crippen molar-refractivity contribution >= 4 is 23.2 Å². The quantitative estimate of drug-likeness (QED) is 0.649. The molecule has 1 heterocycles. The van der Waals surface area contributed by atoms with E-state index in [1.165, 1.54) is 12.1 Å². The number of non-ortho nitro benzene ring substituents is 1. The summed E-state index contributed by atoms with van der Waals surface area (Å²) in [6.45, 7) is 1.08. The van der Waals surface area contributed by atoms with Crippen molar-refractivity contribution in [2.75, 3.05) is 18.4 Å². The van der Waals surface area contributed by atoms with Crippen molar-refractivity contribution in [3.05, 3.63) is 70.3 Å². The highest BCUT2D eigenvalue weighted by Gasteiger charge is 2.27. The molecule has 7 heteroatoms. The molecule has 1 fully saturated rings. The molecule has 2 amide bonds. The molecule has 1 aliphatic heterocycles. The molecule has 1 N–H and O–H groups in total. The SMILES string of the molecule is O=C(Nc1ccccc1)C1CCN(C(=O)Cc2ccc([N+](=O)[O-])cc2)CC1. The first kappa shape index (κ1) is 18.6. The fraction of sp³-hybridized carbons (Fsp3) is 0.300. The van der Waals surface area contributed by atoms with Gasteiger partial charge in [-0.15, -0.1) is 0 Å². The lowest BCUT2D eigenvalue weighted by Gasteiger charge is -2.31. The van der Waals surface area contributed by atoms with Crippen molar-refractivity contribution in [2.45, 2.75) is 19.3 Å². The number of hydrogen-bond donors (Lipinski definition) is 1. The van der Waals surface area contributed by atoms with Crippen LogP contribution < -0.4 is 5.32 Å². The maximum Gasteiger partial charge on any atom is 0.269 e. The Hall–Kier alpha value is -3.22. The predicted octanol–water partition coefficient (Wildman–Crippen LogP) is 3.01. The molecule has 0 unspecified atom stereocenters. The highest BCUT2D eigenvalue weighted by Crippen LogP contribution is 2.21. The van der Waals surface area contributed by atoms with E-state index in [1.54, 1.807) is 17.0 Å². The molecule has 1 aliphatic rings. The van der Waals surface area contributed by atoms with Crippen LogP contribution in [-0.4, -0.2) is 34.7 Å². The summed E-state index contributed by atoms with van der Waals surface area (Å²) in [5.41, 5.74) is 1.53. The maximum atomic E-state index is 12.4. The van der Waals surface area contributed by atoms with E-state index in [2.05, 4.69) is 5.32 Å². The molecule has 0 aromatic heterocycles. The van der Waals surface area contributed by atoms with Crippen LogP contribution in [0.25, 0.3) is 0 Å². The number of amides is 2. The molecule has 0 aliphatic carbocycles. The molecule has 0 radical (unpaired) electrons. The normalized spacial score (nSPS) is 14.6. The van der Waals surface area contributed by atoms with Gasteiger partial charge < -0.3 is 10.2 Å². The predicted molar refractivity (Wildman–Crippen MR) is 101 cm³/mol. The lowest BCUT2D eigenvalue weighted by molar-refractivity contribution is -0.384. The summed E-state index contributed by atoms with van der Waals surface area (Å²) in [6.07, 6.45) is 1.47. The molecule has 3 rings (SSSR count). The number of nitrogens with zero attached hydrogens (tertiary/aromatic N) is 2. The number of nitro groups is 1. The van der Waals surface area contributed by atoms with E-state index in [4.69, 9.17) is 0 Å². The summed E-state index contributed by atoms with van der Waals surface area (Å²) < 4.78 is 0. The van der Waals surface area contributed by atoms with Gasteiger partial charge in [0.1, 0.15) is 0 Å². The third kappa shape index (κ3) is 4.91. The lowest BCUT2D eigenvalue weighted by atomic mass is 9.95. The third-order valence-electron chi connectivity index (χ3n) is 4.76. The van der Waals surface area contributed by atoms with Gasteiger partial charge in [-0.1, -0.05) is 30.3 Å². The Morgan fingerprint density at radius 1 is 1.04 bits per heavy atom. The largest absolute Gasteiger partial charge is 0.342 e. The number of carbonyl (C=O) groups excluding carboxylic acids is 2. The van der Waals surface area contributed by atoms with E-state index >= 15 is 0 Å². The first-order chi connectivity index (χ1) is 13.0. The molecule has 1 saturated heterocycles. The van der Waals surface area contributed by atoms with Gasteiger partial charge in [-0.25, -0.2) is 0 Å². The number of likely N-dealkylation sites (tertiary alicyclic amines) is 1. The van der Waals surface area contributed by atoms with Crippen molar-refractivity contribution in [3.8, 4) is 0 Å². The lowest BCUT2D eigenvalue weighted by Crippen LogP contribution is -2.42. The molecule has 2 aromatic carbocycles. The van der Waals surface area contributed by atoms with Gasteiger partial charge >= 0.3 is 0 Å². The minimum Gasteiger partial charge on any atom is -0.342 e.